The van der Waals surface area contributed by atoms with Gasteiger partial charge in [-0.15, -0.1) is 0 Å². The molecule has 1 aliphatic heterocycles. The van der Waals surface area contributed by atoms with Crippen molar-refractivity contribution in [1.82, 2.24) is 10.2 Å². The molecule has 0 aromatic heterocycles. The maximum Gasteiger partial charge on any atom is 0.338 e. The van der Waals surface area contributed by atoms with Crippen molar-refractivity contribution in [2.45, 2.75) is 26.3 Å². The molecule has 1 atom stereocenters. The Bertz CT molecular complexity index is 1340. The highest BCUT2D eigenvalue weighted by Crippen LogP contribution is 2.37. The van der Waals surface area contributed by atoms with Gasteiger partial charge in [0.15, 0.2) is 0 Å². The third-order valence-corrected chi connectivity index (χ3v) is 6.39. The second-order valence-corrected chi connectivity index (χ2v) is 9.51. The number of anilines is 2. The van der Waals surface area contributed by atoms with Crippen LogP contribution in [0, 0.1) is 0 Å². The Hall–Kier alpha value is -4.11. The Labute approximate surface area is 230 Å². The van der Waals surface area contributed by atoms with E-state index in [0.29, 0.717) is 41.2 Å². The number of nitrogens with one attached hydrogen (secondary N) is 3. The van der Waals surface area contributed by atoms with Crippen molar-refractivity contribution in [3.05, 3.63) is 100 Å². The lowest BCUT2D eigenvalue weighted by Crippen LogP contribution is -2.48. The van der Waals surface area contributed by atoms with E-state index in [9.17, 15) is 14.4 Å². The lowest BCUT2D eigenvalue weighted by Gasteiger charge is -2.36. The lowest BCUT2D eigenvalue weighted by molar-refractivity contribution is -0.138. The van der Waals surface area contributed by atoms with E-state index < -0.39 is 18.0 Å². The zero-order valence-electron chi connectivity index (χ0n) is 21.2. The summed E-state index contributed by atoms with van der Waals surface area (Å²) >= 11 is 3.38. The van der Waals surface area contributed by atoms with Gasteiger partial charge < -0.3 is 20.7 Å². The van der Waals surface area contributed by atoms with Gasteiger partial charge in [0.05, 0.1) is 23.9 Å². The molecule has 1 unspecified atom stereocenters. The minimum atomic E-state index is -0.727. The summed E-state index contributed by atoms with van der Waals surface area (Å²) in [4.78, 5) is 40.6. The third kappa shape index (κ3) is 6.23. The van der Waals surface area contributed by atoms with Crippen LogP contribution in [-0.2, 0) is 9.53 Å². The molecule has 0 saturated carbocycles. The minimum absolute atomic E-state index is 0.203. The van der Waals surface area contributed by atoms with Crippen molar-refractivity contribution in [3.63, 3.8) is 0 Å². The molecule has 4 amide bonds. The van der Waals surface area contributed by atoms with Gasteiger partial charge in [0.25, 0.3) is 0 Å². The Morgan fingerprint density at radius 1 is 0.947 bits per heavy atom. The number of halogens is 1. The SMILES string of the molecule is CCCN1C(=O)NC(c2ccc(NC(=O)Nc3cccc(Br)c3)cc2)C(C(=O)OCC)=C1c1ccccc1. The highest BCUT2D eigenvalue weighted by molar-refractivity contribution is 9.10. The lowest BCUT2D eigenvalue weighted by atomic mass is 9.91. The van der Waals surface area contributed by atoms with Crippen LogP contribution in [0.5, 0.6) is 0 Å². The molecule has 3 N–H and O–H groups in total. The molecule has 0 radical (unpaired) electrons. The maximum absolute atomic E-state index is 13.3. The summed E-state index contributed by atoms with van der Waals surface area (Å²) in [6, 6.07) is 22.3. The molecule has 8 nitrogen and oxygen atoms in total. The van der Waals surface area contributed by atoms with Gasteiger partial charge in [-0.2, -0.15) is 0 Å². The number of benzene rings is 3. The summed E-state index contributed by atoms with van der Waals surface area (Å²) in [6.07, 6.45) is 0.715. The Morgan fingerprint density at radius 3 is 2.32 bits per heavy atom. The predicted molar refractivity (Wildman–Crippen MR) is 151 cm³/mol. The van der Waals surface area contributed by atoms with Crippen LogP contribution in [-0.4, -0.2) is 36.1 Å². The molecule has 3 aromatic rings. The number of carbonyl (C=O) groups excluding carboxylic acids is 3. The van der Waals surface area contributed by atoms with Gasteiger partial charge in [-0.1, -0.05) is 71.4 Å². The molecule has 0 fully saturated rings. The topological polar surface area (TPSA) is 99.8 Å². The third-order valence-electron chi connectivity index (χ3n) is 5.90. The van der Waals surface area contributed by atoms with Crippen LogP contribution in [0.25, 0.3) is 5.70 Å². The average Bonchev–Trinajstić information content (AvgIpc) is 2.90. The summed E-state index contributed by atoms with van der Waals surface area (Å²) in [6.45, 7) is 4.38. The molecule has 196 valence electrons. The van der Waals surface area contributed by atoms with Gasteiger partial charge in [0.2, 0.25) is 0 Å². The normalized spacial score (nSPS) is 15.1. The number of hydrogen-bond acceptors (Lipinski definition) is 4. The first-order valence-electron chi connectivity index (χ1n) is 12.4. The fourth-order valence-corrected chi connectivity index (χ4v) is 4.69. The first-order valence-corrected chi connectivity index (χ1v) is 13.2. The molecule has 0 saturated heterocycles. The van der Waals surface area contributed by atoms with Crippen LogP contribution in [0.1, 0.15) is 37.4 Å². The molecule has 1 aliphatic rings. The molecule has 4 rings (SSSR count). The minimum Gasteiger partial charge on any atom is -0.463 e. The van der Waals surface area contributed by atoms with Crippen molar-refractivity contribution in [3.8, 4) is 0 Å². The number of nitrogens with zero attached hydrogens (tertiary/aromatic N) is 1. The van der Waals surface area contributed by atoms with Gasteiger partial charge in [0.1, 0.15) is 0 Å². The van der Waals surface area contributed by atoms with Crippen LogP contribution in [0.4, 0.5) is 21.0 Å². The summed E-state index contributed by atoms with van der Waals surface area (Å²) in [5, 5.41) is 8.56. The van der Waals surface area contributed by atoms with Crippen molar-refractivity contribution in [2.75, 3.05) is 23.8 Å². The quantitative estimate of drug-likeness (QED) is 0.265. The molecule has 1 heterocycles. The second kappa shape index (κ2) is 12.4. The van der Waals surface area contributed by atoms with Crippen LogP contribution in [0.15, 0.2) is 88.9 Å². The number of ether oxygens (including phenoxy) is 1. The van der Waals surface area contributed by atoms with E-state index in [4.69, 9.17) is 4.74 Å². The van der Waals surface area contributed by atoms with Crippen molar-refractivity contribution in [1.29, 1.82) is 0 Å². The zero-order valence-corrected chi connectivity index (χ0v) is 22.7. The summed E-state index contributed by atoms with van der Waals surface area (Å²) < 4.78 is 6.30. The van der Waals surface area contributed by atoms with Gasteiger partial charge in [-0.25, -0.2) is 14.4 Å². The van der Waals surface area contributed by atoms with Crippen LogP contribution in [0.3, 0.4) is 0 Å². The Kier molecular flexibility index (Phi) is 8.81. The van der Waals surface area contributed by atoms with E-state index >= 15 is 0 Å². The number of amides is 4. The van der Waals surface area contributed by atoms with Gasteiger partial charge in [0, 0.05) is 22.4 Å². The van der Waals surface area contributed by atoms with E-state index in [1.165, 1.54) is 0 Å². The van der Waals surface area contributed by atoms with Gasteiger partial charge >= 0.3 is 18.0 Å². The van der Waals surface area contributed by atoms with Gasteiger partial charge in [-0.05, 0) is 54.8 Å². The highest BCUT2D eigenvalue weighted by atomic mass is 79.9. The van der Waals surface area contributed by atoms with E-state index in [0.717, 1.165) is 10.0 Å². The van der Waals surface area contributed by atoms with Crippen molar-refractivity contribution < 1.29 is 19.1 Å². The van der Waals surface area contributed by atoms with E-state index in [1.54, 1.807) is 48.2 Å². The maximum atomic E-state index is 13.3. The molecule has 38 heavy (non-hydrogen) atoms. The standard InChI is InChI=1S/C29H29BrN4O4/c1-3-17-34-26(20-9-6-5-7-10-20)24(27(35)38-4-2)25(33-29(34)37)19-13-15-22(16-14-19)31-28(36)32-23-12-8-11-21(30)18-23/h5-16,18,25H,3-4,17H2,1-2H3,(H,33,37)(H2,31,32,36). The largest absolute Gasteiger partial charge is 0.463 e. The first-order chi connectivity index (χ1) is 18.4. The van der Waals surface area contributed by atoms with Crippen LogP contribution < -0.4 is 16.0 Å². The number of urea groups is 2. The fraction of sp³-hybridized carbons (Fsp3) is 0.207. The fourth-order valence-electron chi connectivity index (χ4n) is 4.29. The summed E-state index contributed by atoms with van der Waals surface area (Å²) in [7, 11) is 0. The van der Waals surface area contributed by atoms with Crippen LogP contribution >= 0.6 is 15.9 Å². The molecule has 3 aromatic carbocycles. The Balaban J connectivity index is 1.66. The number of carbonyl (C=O) groups is 3. The molecule has 0 aliphatic carbocycles. The molecular weight excluding hydrogens is 548 g/mol. The molecule has 9 heteroatoms. The average molecular weight is 577 g/mol. The van der Waals surface area contributed by atoms with Crippen LogP contribution in [0.2, 0.25) is 0 Å². The summed E-state index contributed by atoms with van der Waals surface area (Å²) in [5.74, 6) is -0.493. The molecule has 0 spiro atoms. The Morgan fingerprint density at radius 2 is 1.66 bits per heavy atom. The zero-order chi connectivity index (χ0) is 27.1. The number of rotatable bonds is 8. The second-order valence-electron chi connectivity index (χ2n) is 8.59. The van der Waals surface area contributed by atoms with E-state index in [-0.39, 0.29) is 12.6 Å². The number of esters is 1. The van der Waals surface area contributed by atoms with Crippen molar-refractivity contribution >= 4 is 51.0 Å². The van der Waals surface area contributed by atoms with Gasteiger partial charge in [-0.3, -0.25) is 4.90 Å². The van der Waals surface area contributed by atoms with Crippen molar-refractivity contribution in [2.24, 2.45) is 0 Å². The smallest absolute Gasteiger partial charge is 0.338 e. The predicted octanol–water partition coefficient (Wildman–Crippen LogP) is 6.54. The molecular formula is C29H29BrN4O4. The van der Waals surface area contributed by atoms with E-state index in [2.05, 4.69) is 31.9 Å². The first kappa shape index (κ1) is 26.9. The number of hydrogen-bond donors (Lipinski definition) is 3. The van der Waals surface area contributed by atoms with E-state index in [1.807, 2.05) is 49.4 Å². The summed E-state index contributed by atoms with van der Waals surface area (Å²) in [5.41, 5.74) is 3.54. The monoisotopic (exact) mass is 576 g/mol. The highest BCUT2D eigenvalue weighted by Gasteiger charge is 2.38. The molecule has 0 bridgehead atoms.